The molecule has 0 radical (unpaired) electrons. The first-order valence-corrected chi connectivity index (χ1v) is 11.6. The molecular weight excluding hydrogens is 436 g/mol. The van der Waals surface area contributed by atoms with Crippen molar-refractivity contribution in [3.63, 3.8) is 0 Å². The highest BCUT2D eigenvalue weighted by atomic mass is 16.5. The van der Waals surface area contributed by atoms with Gasteiger partial charge in [-0.25, -0.2) is 0 Å². The molecule has 1 aromatic rings. The van der Waals surface area contributed by atoms with Crippen molar-refractivity contribution in [2.75, 3.05) is 7.11 Å². The van der Waals surface area contributed by atoms with Crippen LogP contribution in [0.5, 0.6) is 5.75 Å². The molecule has 3 rings (SSSR count). The van der Waals surface area contributed by atoms with Crippen molar-refractivity contribution in [1.82, 2.24) is 0 Å². The number of hydrogen-bond donors (Lipinski definition) is 1. The van der Waals surface area contributed by atoms with Gasteiger partial charge >= 0.3 is 5.97 Å². The van der Waals surface area contributed by atoms with E-state index >= 15 is 0 Å². The first kappa shape index (κ1) is 25.7. The summed E-state index contributed by atoms with van der Waals surface area (Å²) in [5.74, 6) is -2.78. The maximum atomic E-state index is 13.3. The minimum absolute atomic E-state index is 0.0648. The van der Waals surface area contributed by atoms with Crippen molar-refractivity contribution in [3.05, 3.63) is 40.7 Å². The van der Waals surface area contributed by atoms with E-state index in [4.69, 9.17) is 9.47 Å². The van der Waals surface area contributed by atoms with Gasteiger partial charge in [0.25, 0.3) is 0 Å². The molecule has 7 heteroatoms. The van der Waals surface area contributed by atoms with Crippen LogP contribution in [-0.2, 0) is 30.5 Å². The molecule has 0 saturated heterocycles. The van der Waals surface area contributed by atoms with E-state index in [1.54, 1.807) is 18.2 Å². The van der Waals surface area contributed by atoms with Crippen LogP contribution < -0.4 is 4.74 Å². The first-order valence-electron chi connectivity index (χ1n) is 11.6. The molecule has 1 atom stereocenters. The molecule has 1 N–H and O–H groups in total. The van der Waals surface area contributed by atoms with Gasteiger partial charge in [-0.1, -0.05) is 33.8 Å². The zero-order valence-electron chi connectivity index (χ0n) is 20.8. The van der Waals surface area contributed by atoms with E-state index in [0.29, 0.717) is 16.9 Å². The third-order valence-corrected chi connectivity index (χ3v) is 6.63. The Kier molecular flexibility index (Phi) is 7.06. The molecule has 184 valence electrons. The van der Waals surface area contributed by atoms with Crippen LogP contribution in [0.25, 0.3) is 0 Å². The molecule has 2 aliphatic carbocycles. The van der Waals surface area contributed by atoms with Crippen LogP contribution in [-0.4, -0.2) is 35.5 Å². The summed E-state index contributed by atoms with van der Waals surface area (Å²) >= 11 is 0. The van der Waals surface area contributed by atoms with Gasteiger partial charge in [-0.15, -0.1) is 0 Å². The number of carbonyl (C=O) groups excluding carboxylic acids is 4. The molecule has 0 bridgehead atoms. The molecule has 0 unspecified atom stereocenters. The topological polar surface area (TPSA) is 107 Å². The molecule has 2 aliphatic rings. The fraction of sp³-hybridized carbons (Fsp3) is 0.556. The second kappa shape index (κ2) is 9.35. The molecule has 34 heavy (non-hydrogen) atoms. The summed E-state index contributed by atoms with van der Waals surface area (Å²) in [5, 5.41) is 11.0. The Labute approximate surface area is 200 Å². The fourth-order valence-electron chi connectivity index (χ4n) is 5.24. The number of ketones is 3. The molecule has 0 amide bonds. The first-order chi connectivity index (χ1) is 15.7. The highest BCUT2D eigenvalue weighted by Crippen LogP contribution is 2.48. The normalized spacial score (nSPS) is 21.4. The van der Waals surface area contributed by atoms with E-state index in [9.17, 15) is 24.3 Å². The highest BCUT2D eigenvalue weighted by molar-refractivity contribution is 6.09. The van der Waals surface area contributed by atoms with E-state index in [2.05, 4.69) is 0 Å². The van der Waals surface area contributed by atoms with Gasteiger partial charge in [0.05, 0.1) is 13.0 Å². The average molecular weight is 471 g/mol. The van der Waals surface area contributed by atoms with Crippen molar-refractivity contribution in [1.29, 1.82) is 0 Å². The average Bonchev–Trinajstić information content (AvgIpc) is 2.68. The molecule has 0 aliphatic heterocycles. The van der Waals surface area contributed by atoms with Crippen molar-refractivity contribution >= 4 is 23.3 Å². The number of ether oxygens (including phenoxy) is 2. The summed E-state index contributed by atoms with van der Waals surface area (Å²) in [6, 6.07) is 5.06. The Morgan fingerprint density at radius 2 is 1.62 bits per heavy atom. The van der Waals surface area contributed by atoms with Gasteiger partial charge in [0.2, 0.25) is 0 Å². The fourth-order valence-corrected chi connectivity index (χ4v) is 5.24. The van der Waals surface area contributed by atoms with E-state index in [1.807, 2.05) is 27.7 Å². The maximum Gasteiger partial charge on any atom is 0.302 e. The lowest BCUT2D eigenvalue weighted by Crippen LogP contribution is -2.43. The zero-order valence-corrected chi connectivity index (χ0v) is 20.8. The van der Waals surface area contributed by atoms with Gasteiger partial charge in [0.15, 0.2) is 5.78 Å². The quantitative estimate of drug-likeness (QED) is 0.478. The summed E-state index contributed by atoms with van der Waals surface area (Å²) in [6.07, 6.45) is 0.912. The Morgan fingerprint density at radius 3 is 2.15 bits per heavy atom. The smallest absolute Gasteiger partial charge is 0.302 e. The minimum atomic E-state index is -1.06. The summed E-state index contributed by atoms with van der Waals surface area (Å²) < 4.78 is 10.5. The van der Waals surface area contributed by atoms with E-state index in [1.165, 1.54) is 14.0 Å². The molecule has 0 spiro atoms. The van der Waals surface area contributed by atoms with Crippen LogP contribution in [0, 0.1) is 16.7 Å². The Balaban J connectivity index is 2.18. The molecule has 1 fully saturated rings. The molecule has 0 aromatic heterocycles. The number of esters is 1. The number of aliphatic hydroxyl groups excluding tert-OH is 1. The zero-order chi connectivity index (χ0) is 25.4. The minimum Gasteiger partial charge on any atom is -0.512 e. The number of allylic oxidation sites excluding steroid dienone is 2. The molecule has 0 heterocycles. The van der Waals surface area contributed by atoms with E-state index in [-0.39, 0.29) is 61.0 Å². The molecule has 1 saturated carbocycles. The highest BCUT2D eigenvalue weighted by Gasteiger charge is 2.48. The number of benzene rings is 1. The standard InChI is InChI=1S/C27H34O7/c1-15(28)34-14-17-9-16(7-8-22(17)33-6)23(24-18(29)10-26(2,3)11-19(24)30)25-20(31)12-27(4,5)13-21(25)32/h7-9,23-24,31H,10-14H2,1-6H3/t23-/m0/s1. The van der Waals surface area contributed by atoms with E-state index < -0.39 is 28.6 Å². The lowest BCUT2D eigenvalue weighted by Gasteiger charge is -2.39. The predicted octanol–water partition coefficient (Wildman–Crippen LogP) is 4.62. The number of Topliss-reactive ketones (excluding diaryl/α,β-unsaturated/α-hetero) is 3. The number of rotatable bonds is 6. The van der Waals surface area contributed by atoms with E-state index in [0.717, 1.165) is 0 Å². The number of aliphatic hydroxyl groups is 1. The van der Waals surface area contributed by atoms with Crippen LogP contribution in [0.2, 0.25) is 0 Å². The van der Waals surface area contributed by atoms with Gasteiger partial charge in [-0.05, 0) is 28.5 Å². The maximum absolute atomic E-state index is 13.3. The number of carbonyl (C=O) groups is 4. The number of methoxy groups -OCH3 is 1. The number of hydrogen-bond acceptors (Lipinski definition) is 7. The van der Waals surface area contributed by atoms with Gasteiger partial charge in [-0.3, -0.25) is 19.2 Å². The molecule has 1 aromatic carbocycles. The van der Waals surface area contributed by atoms with Crippen LogP contribution >= 0.6 is 0 Å². The monoisotopic (exact) mass is 470 g/mol. The van der Waals surface area contributed by atoms with Gasteiger partial charge in [0, 0.05) is 49.7 Å². The Morgan fingerprint density at radius 1 is 1.03 bits per heavy atom. The van der Waals surface area contributed by atoms with Crippen LogP contribution in [0.15, 0.2) is 29.5 Å². The van der Waals surface area contributed by atoms with Crippen molar-refractivity contribution in [2.45, 2.75) is 72.8 Å². The molecule has 7 nitrogen and oxygen atoms in total. The van der Waals surface area contributed by atoms with Crippen molar-refractivity contribution in [3.8, 4) is 5.75 Å². The SMILES string of the molecule is COc1ccc([C@H](C2=C(O)CC(C)(C)CC2=O)C2C(=O)CC(C)(C)CC2=O)cc1COC(C)=O. The van der Waals surface area contributed by atoms with Gasteiger partial charge < -0.3 is 14.6 Å². The molecular formula is C27H34O7. The Bertz CT molecular complexity index is 1040. The summed E-state index contributed by atoms with van der Waals surface area (Å²) in [4.78, 5) is 51.3. The Hall–Kier alpha value is -2.96. The predicted molar refractivity (Wildman–Crippen MR) is 125 cm³/mol. The second-order valence-corrected chi connectivity index (χ2v) is 11.1. The van der Waals surface area contributed by atoms with Crippen LogP contribution in [0.4, 0.5) is 0 Å². The van der Waals surface area contributed by atoms with Crippen LogP contribution in [0.1, 0.15) is 77.3 Å². The lowest BCUT2D eigenvalue weighted by molar-refractivity contribution is -0.142. The lowest BCUT2D eigenvalue weighted by atomic mass is 9.62. The summed E-state index contributed by atoms with van der Waals surface area (Å²) in [6.45, 7) is 8.79. The van der Waals surface area contributed by atoms with Gasteiger partial charge in [-0.2, -0.15) is 0 Å². The van der Waals surface area contributed by atoms with Crippen molar-refractivity contribution < 1.29 is 33.8 Å². The summed E-state index contributed by atoms with van der Waals surface area (Å²) in [5.41, 5.74) is 0.334. The third-order valence-electron chi connectivity index (χ3n) is 6.63. The third kappa shape index (κ3) is 5.40. The second-order valence-electron chi connectivity index (χ2n) is 11.1. The summed E-state index contributed by atoms with van der Waals surface area (Å²) in [7, 11) is 1.49. The largest absolute Gasteiger partial charge is 0.512 e. The van der Waals surface area contributed by atoms with Gasteiger partial charge in [0.1, 0.15) is 29.7 Å². The van der Waals surface area contributed by atoms with Crippen molar-refractivity contribution in [2.24, 2.45) is 16.7 Å². The van der Waals surface area contributed by atoms with Crippen LogP contribution in [0.3, 0.4) is 0 Å².